The fourth-order valence-electron chi connectivity index (χ4n) is 2.68. The maximum absolute atomic E-state index is 12.6. The second-order valence-electron chi connectivity index (χ2n) is 5.14. The average molecular weight is 307 g/mol. The number of nitrogens with one attached hydrogen (secondary N) is 1. The maximum Gasteiger partial charge on any atom is 0.253 e. The SMILES string of the molecule is CNC1CCCN(C(=O)c2ccc3nccnc3c2)C1.Cl. The summed E-state index contributed by atoms with van der Waals surface area (Å²) in [5.74, 6) is 0.0810. The Morgan fingerprint density at radius 1 is 1.29 bits per heavy atom. The van der Waals surface area contributed by atoms with Crippen LogP contribution in [0, 0.1) is 0 Å². The molecule has 1 saturated heterocycles. The lowest BCUT2D eigenvalue weighted by Crippen LogP contribution is -2.46. The molecule has 1 aliphatic rings. The second kappa shape index (κ2) is 6.83. The van der Waals surface area contributed by atoms with Gasteiger partial charge in [0.05, 0.1) is 11.0 Å². The molecule has 0 saturated carbocycles. The Morgan fingerprint density at radius 2 is 2.05 bits per heavy atom. The van der Waals surface area contributed by atoms with Crippen LogP contribution in [0.3, 0.4) is 0 Å². The van der Waals surface area contributed by atoms with Gasteiger partial charge in [0.1, 0.15) is 0 Å². The summed E-state index contributed by atoms with van der Waals surface area (Å²) in [6.45, 7) is 1.60. The van der Waals surface area contributed by atoms with Gasteiger partial charge >= 0.3 is 0 Å². The molecule has 2 aromatic rings. The number of piperidine rings is 1. The van der Waals surface area contributed by atoms with Crippen molar-refractivity contribution in [3.05, 3.63) is 36.2 Å². The molecule has 1 aromatic heterocycles. The van der Waals surface area contributed by atoms with E-state index in [0.29, 0.717) is 11.6 Å². The molecule has 5 nitrogen and oxygen atoms in total. The second-order valence-corrected chi connectivity index (χ2v) is 5.14. The van der Waals surface area contributed by atoms with Crippen LogP contribution >= 0.6 is 12.4 Å². The first-order chi connectivity index (χ1) is 9.78. The Bertz CT molecular complexity index is 634. The van der Waals surface area contributed by atoms with Crippen LogP contribution in [0.15, 0.2) is 30.6 Å². The van der Waals surface area contributed by atoms with Crippen LogP contribution < -0.4 is 5.32 Å². The lowest BCUT2D eigenvalue weighted by atomic mass is 10.0. The lowest BCUT2D eigenvalue weighted by Gasteiger charge is -2.32. The molecule has 3 rings (SSSR count). The van der Waals surface area contributed by atoms with E-state index in [9.17, 15) is 4.79 Å². The highest BCUT2D eigenvalue weighted by atomic mass is 35.5. The van der Waals surface area contributed by atoms with Gasteiger partial charge in [-0.1, -0.05) is 0 Å². The smallest absolute Gasteiger partial charge is 0.253 e. The minimum Gasteiger partial charge on any atom is -0.337 e. The van der Waals surface area contributed by atoms with Crippen molar-refractivity contribution in [2.24, 2.45) is 0 Å². The molecule has 0 aliphatic carbocycles. The van der Waals surface area contributed by atoms with Gasteiger partial charge in [0.2, 0.25) is 0 Å². The third-order valence-corrected chi connectivity index (χ3v) is 3.83. The number of halogens is 1. The standard InChI is InChI=1S/C15H18N4O.ClH/c1-16-12-3-2-8-19(10-12)15(20)11-4-5-13-14(9-11)18-7-6-17-13;/h4-7,9,12,16H,2-3,8,10H2,1H3;1H. The minimum atomic E-state index is 0. The number of amides is 1. The molecular weight excluding hydrogens is 288 g/mol. The van der Waals surface area contributed by atoms with E-state index in [1.165, 1.54) is 0 Å². The highest BCUT2D eigenvalue weighted by molar-refractivity contribution is 5.97. The summed E-state index contributed by atoms with van der Waals surface area (Å²) in [6, 6.07) is 5.92. The molecule has 1 amide bonds. The Kier molecular flexibility index (Phi) is 5.09. The topological polar surface area (TPSA) is 58.1 Å². The number of fused-ring (bicyclic) bond motifs is 1. The molecule has 1 aliphatic heterocycles. The first-order valence-electron chi connectivity index (χ1n) is 6.95. The average Bonchev–Trinajstić information content (AvgIpc) is 2.53. The summed E-state index contributed by atoms with van der Waals surface area (Å²) in [5.41, 5.74) is 2.27. The van der Waals surface area contributed by atoms with Gasteiger partial charge in [-0.2, -0.15) is 0 Å². The highest BCUT2D eigenvalue weighted by Gasteiger charge is 2.23. The van der Waals surface area contributed by atoms with Crippen molar-refractivity contribution in [2.75, 3.05) is 20.1 Å². The predicted molar refractivity (Wildman–Crippen MR) is 84.8 cm³/mol. The normalized spacial score (nSPS) is 18.3. The molecular formula is C15H19ClN4O. The van der Waals surface area contributed by atoms with Crippen molar-refractivity contribution < 1.29 is 4.79 Å². The number of likely N-dealkylation sites (N-methyl/N-ethyl adjacent to an activating group) is 1. The number of hydrogen-bond donors (Lipinski definition) is 1. The molecule has 21 heavy (non-hydrogen) atoms. The number of nitrogens with zero attached hydrogens (tertiary/aromatic N) is 3. The summed E-state index contributed by atoms with van der Waals surface area (Å²) in [4.78, 5) is 23.0. The number of aromatic nitrogens is 2. The predicted octanol–water partition coefficient (Wildman–Crippen LogP) is 1.88. The van der Waals surface area contributed by atoms with Crippen LogP contribution in [-0.2, 0) is 0 Å². The summed E-state index contributed by atoms with van der Waals surface area (Å²) in [5, 5.41) is 3.25. The largest absolute Gasteiger partial charge is 0.337 e. The van der Waals surface area contributed by atoms with E-state index < -0.39 is 0 Å². The molecule has 1 atom stereocenters. The lowest BCUT2D eigenvalue weighted by molar-refractivity contribution is 0.0698. The molecule has 0 bridgehead atoms. The van der Waals surface area contributed by atoms with Gasteiger partial charge in [0.15, 0.2) is 0 Å². The third kappa shape index (κ3) is 3.31. The summed E-state index contributed by atoms with van der Waals surface area (Å²) < 4.78 is 0. The Hall–Kier alpha value is -1.72. The van der Waals surface area contributed by atoms with Crippen molar-refractivity contribution in [1.29, 1.82) is 0 Å². The number of carbonyl (C=O) groups is 1. The van der Waals surface area contributed by atoms with Crippen molar-refractivity contribution in [3.8, 4) is 0 Å². The van der Waals surface area contributed by atoms with Crippen LogP contribution in [0.4, 0.5) is 0 Å². The molecule has 0 radical (unpaired) electrons. The van der Waals surface area contributed by atoms with E-state index in [-0.39, 0.29) is 18.3 Å². The van der Waals surface area contributed by atoms with Crippen LogP contribution in [0.1, 0.15) is 23.2 Å². The molecule has 112 valence electrons. The first kappa shape index (κ1) is 15.7. The Labute approximate surface area is 130 Å². The first-order valence-corrected chi connectivity index (χ1v) is 6.95. The Morgan fingerprint density at radius 3 is 2.81 bits per heavy atom. The summed E-state index contributed by atoms with van der Waals surface area (Å²) in [6.07, 6.45) is 5.48. The fraction of sp³-hybridized carbons (Fsp3) is 0.400. The van der Waals surface area contributed by atoms with Crippen molar-refractivity contribution in [3.63, 3.8) is 0 Å². The monoisotopic (exact) mass is 306 g/mol. The van der Waals surface area contributed by atoms with Crippen LogP contribution in [0.5, 0.6) is 0 Å². The summed E-state index contributed by atoms with van der Waals surface area (Å²) >= 11 is 0. The van der Waals surface area contributed by atoms with Crippen molar-refractivity contribution in [2.45, 2.75) is 18.9 Å². The molecule has 1 fully saturated rings. The third-order valence-electron chi connectivity index (χ3n) is 3.83. The van der Waals surface area contributed by atoms with E-state index in [1.54, 1.807) is 12.4 Å². The van der Waals surface area contributed by atoms with Crippen LogP contribution in [-0.4, -0.2) is 47.0 Å². The van der Waals surface area contributed by atoms with Gasteiger partial charge in [0, 0.05) is 37.1 Å². The van der Waals surface area contributed by atoms with Gasteiger partial charge in [-0.05, 0) is 38.1 Å². The summed E-state index contributed by atoms with van der Waals surface area (Å²) in [7, 11) is 1.95. The minimum absolute atomic E-state index is 0. The molecule has 0 spiro atoms. The zero-order chi connectivity index (χ0) is 13.9. The molecule has 6 heteroatoms. The zero-order valence-corrected chi connectivity index (χ0v) is 12.8. The van der Waals surface area contributed by atoms with E-state index in [1.807, 2.05) is 30.1 Å². The quantitative estimate of drug-likeness (QED) is 0.920. The highest BCUT2D eigenvalue weighted by Crippen LogP contribution is 2.16. The van der Waals surface area contributed by atoms with Crippen LogP contribution in [0.2, 0.25) is 0 Å². The van der Waals surface area contributed by atoms with E-state index in [2.05, 4.69) is 15.3 Å². The number of rotatable bonds is 2. The molecule has 1 unspecified atom stereocenters. The van der Waals surface area contributed by atoms with E-state index in [0.717, 1.165) is 37.0 Å². The number of likely N-dealkylation sites (tertiary alicyclic amines) is 1. The van der Waals surface area contributed by atoms with Gasteiger partial charge in [-0.15, -0.1) is 12.4 Å². The van der Waals surface area contributed by atoms with Gasteiger partial charge in [-0.25, -0.2) is 0 Å². The Balaban J connectivity index is 0.00000161. The van der Waals surface area contributed by atoms with Crippen LogP contribution in [0.25, 0.3) is 11.0 Å². The van der Waals surface area contributed by atoms with Gasteiger partial charge in [-0.3, -0.25) is 14.8 Å². The number of benzene rings is 1. The van der Waals surface area contributed by atoms with Crippen molar-refractivity contribution in [1.82, 2.24) is 20.2 Å². The van der Waals surface area contributed by atoms with E-state index in [4.69, 9.17) is 0 Å². The van der Waals surface area contributed by atoms with Gasteiger partial charge < -0.3 is 10.2 Å². The molecule has 1 N–H and O–H groups in total. The maximum atomic E-state index is 12.6. The fourth-order valence-corrected chi connectivity index (χ4v) is 2.68. The molecule has 2 heterocycles. The zero-order valence-electron chi connectivity index (χ0n) is 12.0. The van der Waals surface area contributed by atoms with Gasteiger partial charge in [0.25, 0.3) is 5.91 Å². The number of hydrogen-bond acceptors (Lipinski definition) is 4. The van der Waals surface area contributed by atoms with Crippen molar-refractivity contribution >= 4 is 29.3 Å². The number of carbonyl (C=O) groups excluding carboxylic acids is 1. The molecule has 1 aromatic carbocycles. The van der Waals surface area contributed by atoms with E-state index >= 15 is 0 Å².